The fraction of sp³-hybridized carbons (Fsp3) is 0.417. The van der Waals surface area contributed by atoms with E-state index in [4.69, 9.17) is 5.73 Å². The second-order valence-electron chi connectivity index (χ2n) is 3.86. The molecule has 17 heavy (non-hydrogen) atoms. The summed E-state index contributed by atoms with van der Waals surface area (Å²) in [4.78, 5) is 7.03. The largest absolute Gasteiger partial charge is 0.326 e. The van der Waals surface area contributed by atoms with Crippen LogP contribution in [0.15, 0.2) is 28.0 Å². The molecule has 0 fully saturated rings. The number of aryl methyl sites for hydroxylation is 1. The number of thiophene rings is 1. The van der Waals surface area contributed by atoms with Crippen LogP contribution in [0.5, 0.6) is 0 Å². The van der Waals surface area contributed by atoms with Gasteiger partial charge >= 0.3 is 0 Å². The molecule has 0 saturated carbocycles. The maximum absolute atomic E-state index is 6.24. The van der Waals surface area contributed by atoms with Gasteiger partial charge in [-0.1, -0.05) is 18.7 Å². The second kappa shape index (κ2) is 6.00. The van der Waals surface area contributed by atoms with Crippen LogP contribution in [-0.2, 0) is 0 Å². The van der Waals surface area contributed by atoms with Gasteiger partial charge in [0, 0.05) is 27.4 Å². The third kappa shape index (κ3) is 3.31. The average Bonchev–Trinajstić information content (AvgIpc) is 2.96. The van der Waals surface area contributed by atoms with E-state index < -0.39 is 0 Å². The smallest absolute Gasteiger partial charge is 0.150 e. The highest BCUT2D eigenvalue weighted by Gasteiger charge is 2.22. The molecule has 0 aromatic carbocycles. The molecule has 2 aromatic rings. The van der Waals surface area contributed by atoms with E-state index in [1.807, 2.05) is 22.9 Å². The minimum absolute atomic E-state index is 0.182. The van der Waals surface area contributed by atoms with Crippen LogP contribution >= 0.6 is 34.4 Å². The Kier molecular flexibility index (Phi) is 4.62. The molecule has 0 spiro atoms. The normalized spacial score (nSPS) is 14.8. The summed E-state index contributed by atoms with van der Waals surface area (Å²) in [5.41, 5.74) is 6.24. The van der Waals surface area contributed by atoms with Crippen molar-refractivity contribution in [2.24, 2.45) is 5.73 Å². The van der Waals surface area contributed by atoms with Crippen molar-refractivity contribution in [3.8, 4) is 0 Å². The first-order chi connectivity index (χ1) is 8.20. The van der Waals surface area contributed by atoms with Gasteiger partial charge in [-0.2, -0.15) is 0 Å². The topological polar surface area (TPSA) is 38.9 Å². The molecule has 2 rings (SSSR count). The summed E-state index contributed by atoms with van der Waals surface area (Å²) in [5, 5.41) is 2.33. The van der Waals surface area contributed by atoms with Gasteiger partial charge in [-0.15, -0.1) is 22.7 Å². The number of thiazole rings is 1. The molecule has 92 valence electrons. The summed E-state index contributed by atoms with van der Waals surface area (Å²) >= 11 is 5.31. The SMILES string of the molecule is CCC(N)C(Sc1nccs1)c1ccc(C)s1. The Bertz CT molecular complexity index is 450. The lowest BCUT2D eigenvalue weighted by Gasteiger charge is -2.20. The van der Waals surface area contributed by atoms with E-state index in [0.29, 0.717) is 5.25 Å². The van der Waals surface area contributed by atoms with Crippen molar-refractivity contribution in [3.63, 3.8) is 0 Å². The van der Waals surface area contributed by atoms with Crippen LogP contribution in [0.4, 0.5) is 0 Å². The molecule has 0 aliphatic carbocycles. The predicted molar refractivity (Wildman–Crippen MR) is 78.0 cm³/mol. The van der Waals surface area contributed by atoms with E-state index in [0.717, 1.165) is 10.8 Å². The lowest BCUT2D eigenvalue weighted by Crippen LogP contribution is -2.25. The van der Waals surface area contributed by atoms with Crippen molar-refractivity contribution < 1.29 is 0 Å². The van der Waals surface area contributed by atoms with Gasteiger partial charge in [0.2, 0.25) is 0 Å². The summed E-state index contributed by atoms with van der Waals surface area (Å²) in [6.07, 6.45) is 2.83. The first-order valence-corrected chi connectivity index (χ1v) is 8.16. The van der Waals surface area contributed by atoms with Crippen LogP contribution in [0.25, 0.3) is 0 Å². The standard InChI is InChI=1S/C12H16N2S3/c1-3-9(13)11(10-5-4-8(2)16-10)17-12-14-6-7-15-12/h4-7,9,11H,3,13H2,1-2H3. The lowest BCUT2D eigenvalue weighted by molar-refractivity contribution is 0.640. The summed E-state index contributed by atoms with van der Waals surface area (Å²) in [5.74, 6) is 0. The molecule has 0 saturated heterocycles. The Morgan fingerprint density at radius 2 is 2.29 bits per heavy atom. The van der Waals surface area contributed by atoms with Gasteiger partial charge in [0.1, 0.15) is 4.34 Å². The first-order valence-electron chi connectivity index (χ1n) is 5.58. The first kappa shape index (κ1) is 13.1. The Balaban J connectivity index is 2.19. The van der Waals surface area contributed by atoms with Crippen molar-refractivity contribution in [2.45, 2.75) is 35.9 Å². The Labute approximate surface area is 114 Å². The van der Waals surface area contributed by atoms with Gasteiger partial charge in [0.15, 0.2) is 0 Å². The number of thioether (sulfide) groups is 1. The van der Waals surface area contributed by atoms with Gasteiger partial charge in [0.25, 0.3) is 0 Å². The van der Waals surface area contributed by atoms with E-state index in [2.05, 4.69) is 31.0 Å². The summed E-state index contributed by atoms with van der Waals surface area (Å²) in [6.45, 7) is 4.28. The van der Waals surface area contributed by atoms with Gasteiger partial charge in [0.05, 0.1) is 5.25 Å². The minimum atomic E-state index is 0.182. The van der Waals surface area contributed by atoms with Gasteiger partial charge in [-0.25, -0.2) is 4.98 Å². The number of nitrogens with two attached hydrogens (primary N) is 1. The fourth-order valence-corrected chi connectivity index (χ4v) is 4.74. The molecule has 0 amide bonds. The molecule has 2 N–H and O–H groups in total. The Morgan fingerprint density at radius 3 is 2.82 bits per heavy atom. The zero-order chi connectivity index (χ0) is 12.3. The maximum Gasteiger partial charge on any atom is 0.150 e. The Morgan fingerprint density at radius 1 is 1.47 bits per heavy atom. The molecule has 5 heteroatoms. The van der Waals surface area contributed by atoms with Crippen LogP contribution in [0.2, 0.25) is 0 Å². The Hall–Kier alpha value is -0.360. The van der Waals surface area contributed by atoms with Crippen molar-refractivity contribution in [3.05, 3.63) is 33.5 Å². The molecular formula is C12H16N2S3. The van der Waals surface area contributed by atoms with E-state index in [-0.39, 0.29) is 6.04 Å². The van der Waals surface area contributed by atoms with Crippen molar-refractivity contribution in [1.82, 2.24) is 4.98 Å². The molecule has 0 radical (unpaired) electrons. The molecule has 2 heterocycles. The predicted octanol–water partition coefficient (Wildman–Crippen LogP) is 4.08. The van der Waals surface area contributed by atoms with E-state index in [1.54, 1.807) is 23.1 Å². The molecule has 2 nitrogen and oxygen atoms in total. The third-order valence-electron chi connectivity index (χ3n) is 2.54. The van der Waals surface area contributed by atoms with Crippen molar-refractivity contribution >= 4 is 34.4 Å². The third-order valence-corrected chi connectivity index (χ3v) is 6.08. The second-order valence-corrected chi connectivity index (χ2v) is 7.46. The average molecular weight is 284 g/mol. The molecule has 0 bridgehead atoms. The van der Waals surface area contributed by atoms with Crippen LogP contribution in [0, 0.1) is 6.92 Å². The molecule has 0 aliphatic heterocycles. The van der Waals surface area contributed by atoms with E-state index >= 15 is 0 Å². The molecule has 2 atom stereocenters. The number of hydrogen-bond donors (Lipinski definition) is 1. The molecule has 0 aliphatic rings. The molecule has 2 unspecified atom stereocenters. The lowest BCUT2D eigenvalue weighted by atomic mass is 10.1. The zero-order valence-electron chi connectivity index (χ0n) is 9.92. The number of aromatic nitrogens is 1. The van der Waals surface area contributed by atoms with E-state index in [9.17, 15) is 0 Å². The highest BCUT2D eigenvalue weighted by Crippen LogP contribution is 2.41. The maximum atomic E-state index is 6.24. The number of nitrogens with zero attached hydrogens (tertiary/aromatic N) is 1. The van der Waals surface area contributed by atoms with Crippen molar-refractivity contribution in [1.29, 1.82) is 0 Å². The van der Waals surface area contributed by atoms with E-state index in [1.165, 1.54) is 9.75 Å². The minimum Gasteiger partial charge on any atom is -0.326 e. The van der Waals surface area contributed by atoms with Crippen LogP contribution in [-0.4, -0.2) is 11.0 Å². The highest BCUT2D eigenvalue weighted by atomic mass is 32.2. The molecule has 2 aromatic heterocycles. The van der Waals surface area contributed by atoms with Crippen LogP contribution in [0.3, 0.4) is 0 Å². The molecular weight excluding hydrogens is 268 g/mol. The quantitative estimate of drug-likeness (QED) is 0.841. The zero-order valence-corrected chi connectivity index (χ0v) is 12.4. The van der Waals surface area contributed by atoms with Crippen molar-refractivity contribution in [2.75, 3.05) is 0 Å². The summed E-state index contributed by atoms with van der Waals surface area (Å²) in [6, 6.07) is 4.54. The van der Waals surface area contributed by atoms with Gasteiger partial charge < -0.3 is 5.73 Å². The fourth-order valence-electron chi connectivity index (χ4n) is 1.55. The van der Waals surface area contributed by atoms with Crippen LogP contribution in [0.1, 0.15) is 28.3 Å². The number of hydrogen-bond acceptors (Lipinski definition) is 5. The van der Waals surface area contributed by atoms with Gasteiger partial charge in [-0.05, 0) is 25.5 Å². The summed E-state index contributed by atoms with van der Waals surface area (Å²) < 4.78 is 1.10. The van der Waals surface area contributed by atoms with Crippen LogP contribution < -0.4 is 5.73 Å². The number of rotatable bonds is 5. The highest BCUT2D eigenvalue weighted by molar-refractivity contribution is 8.01. The van der Waals surface area contributed by atoms with Gasteiger partial charge in [-0.3, -0.25) is 0 Å². The summed E-state index contributed by atoms with van der Waals surface area (Å²) in [7, 11) is 0. The monoisotopic (exact) mass is 284 g/mol.